The van der Waals surface area contributed by atoms with Crippen LogP contribution >= 0.6 is 0 Å². The van der Waals surface area contributed by atoms with Crippen LogP contribution in [0.5, 0.6) is 0 Å². The number of aromatic nitrogens is 2. The highest BCUT2D eigenvalue weighted by Gasteiger charge is 2.34. The van der Waals surface area contributed by atoms with Gasteiger partial charge in [0.25, 0.3) is 5.91 Å². The molecule has 0 fully saturated rings. The molecule has 2 heterocycles. The minimum absolute atomic E-state index is 0.0807. The fraction of sp³-hybridized carbons (Fsp3) is 0.222. The third kappa shape index (κ3) is 5.21. The third-order valence-corrected chi connectivity index (χ3v) is 3.78. The zero-order valence-corrected chi connectivity index (χ0v) is 15.0. The smallest absolute Gasteiger partial charge is 0.418 e. The second-order valence-electron chi connectivity index (χ2n) is 6.01. The number of halogens is 3. The van der Waals surface area contributed by atoms with Crippen molar-refractivity contribution in [1.82, 2.24) is 10.1 Å². The molecule has 0 saturated heterocycles. The fourth-order valence-electron chi connectivity index (χ4n) is 2.44. The van der Waals surface area contributed by atoms with E-state index >= 15 is 0 Å². The molecule has 0 saturated carbocycles. The number of furan rings is 1. The number of amides is 2. The zero-order valence-electron chi connectivity index (χ0n) is 15.0. The number of nitrogens with one attached hydrogen (secondary N) is 2. The molecule has 0 aliphatic carbocycles. The summed E-state index contributed by atoms with van der Waals surface area (Å²) in [6.45, 7) is 1.61. The maximum absolute atomic E-state index is 13.4. The highest BCUT2D eigenvalue weighted by atomic mass is 19.4. The lowest BCUT2D eigenvalue weighted by molar-refractivity contribution is -0.136. The van der Waals surface area contributed by atoms with Gasteiger partial charge in [0.2, 0.25) is 11.8 Å². The molecule has 3 aromatic rings. The predicted octanol–water partition coefficient (Wildman–Crippen LogP) is 3.81. The average Bonchev–Trinajstić information content (AvgIpc) is 3.32. The van der Waals surface area contributed by atoms with E-state index < -0.39 is 29.2 Å². The number of carbonyl (C=O) groups excluding carboxylic acids is 2. The normalized spacial score (nSPS) is 11.3. The molecule has 2 N–H and O–H groups in total. The van der Waals surface area contributed by atoms with Crippen molar-refractivity contribution in [1.29, 1.82) is 0 Å². The average molecular weight is 408 g/mol. The molecule has 152 valence electrons. The Bertz CT molecular complexity index is 1010. The lowest BCUT2D eigenvalue weighted by Gasteiger charge is -2.15. The van der Waals surface area contributed by atoms with E-state index in [0.717, 1.165) is 12.1 Å². The van der Waals surface area contributed by atoms with Gasteiger partial charge >= 0.3 is 6.18 Å². The molecular weight excluding hydrogens is 393 g/mol. The van der Waals surface area contributed by atoms with E-state index in [-0.39, 0.29) is 30.0 Å². The van der Waals surface area contributed by atoms with E-state index in [2.05, 4.69) is 20.8 Å². The van der Waals surface area contributed by atoms with Gasteiger partial charge in [-0.3, -0.25) is 9.59 Å². The van der Waals surface area contributed by atoms with Crippen LogP contribution in [0.25, 0.3) is 0 Å². The first-order valence-corrected chi connectivity index (χ1v) is 8.36. The topological polar surface area (TPSA) is 110 Å². The summed E-state index contributed by atoms with van der Waals surface area (Å²) in [6, 6.07) is 4.45. The van der Waals surface area contributed by atoms with Gasteiger partial charge in [-0.25, -0.2) is 0 Å². The first-order valence-electron chi connectivity index (χ1n) is 8.36. The van der Waals surface area contributed by atoms with Crippen molar-refractivity contribution in [3.05, 3.63) is 59.6 Å². The second-order valence-corrected chi connectivity index (χ2v) is 6.01. The van der Waals surface area contributed by atoms with Gasteiger partial charge in [0, 0.05) is 18.5 Å². The Morgan fingerprint density at radius 3 is 2.59 bits per heavy atom. The Kier molecular flexibility index (Phi) is 5.66. The Morgan fingerprint density at radius 1 is 1.17 bits per heavy atom. The van der Waals surface area contributed by atoms with E-state index in [9.17, 15) is 22.8 Å². The Labute approximate surface area is 162 Å². The Morgan fingerprint density at radius 2 is 1.97 bits per heavy atom. The van der Waals surface area contributed by atoms with Crippen LogP contribution in [0.4, 0.5) is 24.5 Å². The zero-order chi connectivity index (χ0) is 21.0. The standard InChI is InChI=1S/C18H15F3N4O4/c1-10-22-16(29-25-10)5-4-15(26)24-14-3-2-12(8-13(14)18(19,20)21)23-17(27)11-6-7-28-9-11/h2-3,6-9H,4-5H2,1H3,(H,23,27)(H,24,26). The number of hydrogen-bond acceptors (Lipinski definition) is 6. The van der Waals surface area contributed by atoms with Gasteiger partial charge in [0.1, 0.15) is 6.26 Å². The van der Waals surface area contributed by atoms with Gasteiger partial charge in [0.15, 0.2) is 5.82 Å². The molecule has 0 unspecified atom stereocenters. The lowest BCUT2D eigenvalue weighted by atomic mass is 10.1. The molecule has 0 atom stereocenters. The van der Waals surface area contributed by atoms with Gasteiger partial charge in [-0.1, -0.05) is 5.16 Å². The number of nitrogens with zero attached hydrogens (tertiary/aromatic N) is 2. The number of rotatable bonds is 6. The molecular formula is C18H15F3N4O4. The molecule has 1 aromatic carbocycles. The van der Waals surface area contributed by atoms with Crippen LogP contribution in [0, 0.1) is 6.92 Å². The highest BCUT2D eigenvalue weighted by Crippen LogP contribution is 2.36. The van der Waals surface area contributed by atoms with E-state index in [0.29, 0.717) is 5.82 Å². The monoisotopic (exact) mass is 408 g/mol. The number of hydrogen-bond donors (Lipinski definition) is 2. The van der Waals surface area contributed by atoms with E-state index in [1.54, 1.807) is 6.92 Å². The second kappa shape index (κ2) is 8.17. The summed E-state index contributed by atoms with van der Waals surface area (Å²) in [5, 5.41) is 8.14. The van der Waals surface area contributed by atoms with Crippen LogP contribution in [0.2, 0.25) is 0 Å². The van der Waals surface area contributed by atoms with Gasteiger partial charge in [-0.2, -0.15) is 18.2 Å². The van der Waals surface area contributed by atoms with Crippen LogP contribution in [0.15, 0.2) is 45.7 Å². The van der Waals surface area contributed by atoms with Crippen molar-refractivity contribution in [2.75, 3.05) is 10.6 Å². The summed E-state index contributed by atoms with van der Waals surface area (Å²) in [5.74, 6) is -0.668. The molecule has 3 rings (SSSR count). The van der Waals surface area contributed by atoms with Gasteiger partial charge in [-0.15, -0.1) is 0 Å². The highest BCUT2D eigenvalue weighted by molar-refractivity contribution is 6.04. The first kappa shape index (κ1) is 20.1. The maximum Gasteiger partial charge on any atom is 0.418 e. The van der Waals surface area contributed by atoms with Crippen molar-refractivity contribution in [2.45, 2.75) is 25.9 Å². The molecule has 11 heteroatoms. The summed E-state index contributed by atoms with van der Waals surface area (Å²) in [5.41, 5.74) is -1.44. The van der Waals surface area contributed by atoms with Crippen LogP contribution in [-0.4, -0.2) is 22.0 Å². The number of benzene rings is 1. The van der Waals surface area contributed by atoms with Gasteiger partial charge < -0.3 is 19.6 Å². The van der Waals surface area contributed by atoms with Crippen molar-refractivity contribution in [2.24, 2.45) is 0 Å². The molecule has 2 amide bonds. The van der Waals surface area contributed by atoms with Crippen molar-refractivity contribution in [3.8, 4) is 0 Å². The van der Waals surface area contributed by atoms with Crippen molar-refractivity contribution >= 4 is 23.2 Å². The van der Waals surface area contributed by atoms with E-state index in [1.807, 2.05) is 0 Å². The molecule has 0 aliphatic heterocycles. The SMILES string of the molecule is Cc1noc(CCC(=O)Nc2ccc(NC(=O)c3ccoc3)cc2C(F)(F)F)n1. The summed E-state index contributed by atoms with van der Waals surface area (Å²) >= 11 is 0. The quantitative estimate of drug-likeness (QED) is 0.642. The predicted molar refractivity (Wildman–Crippen MR) is 94.1 cm³/mol. The maximum atomic E-state index is 13.4. The minimum Gasteiger partial charge on any atom is -0.472 e. The molecule has 0 spiro atoms. The number of anilines is 2. The third-order valence-electron chi connectivity index (χ3n) is 3.78. The minimum atomic E-state index is -4.75. The van der Waals surface area contributed by atoms with Crippen molar-refractivity contribution in [3.63, 3.8) is 0 Å². The fourth-order valence-corrected chi connectivity index (χ4v) is 2.44. The summed E-state index contributed by atoms with van der Waals surface area (Å²) in [6.07, 6.45) is -2.36. The largest absolute Gasteiger partial charge is 0.472 e. The molecule has 2 aromatic heterocycles. The molecule has 0 bridgehead atoms. The number of carbonyl (C=O) groups is 2. The van der Waals surface area contributed by atoms with Crippen LogP contribution in [-0.2, 0) is 17.4 Å². The van der Waals surface area contributed by atoms with Gasteiger partial charge in [-0.05, 0) is 31.2 Å². The van der Waals surface area contributed by atoms with Gasteiger partial charge in [0.05, 0.1) is 23.1 Å². The summed E-state index contributed by atoms with van der Waals surface area (Å²) in [4.78, 5) is 27.9. The van der Waals surface area contributed by atoms with Crippen LogP contribution in [0.1, 0.15) is 34.1 Å². The number of aryl methyl sites for hydroxylation is 2. The van der Waals surface area contributed by atoms with E-state index in [4.69, 9.17) is 8.94 Å². The molecule has 0 aliphatic rings. The molecule has 29 heavy (non-hydrogen) atoms. The molecule has 0 radical (unpaired) electrons. The lowest BCUT2D eigenvalue weighted by Crippen LogP contribution is -2.18. The summed E-state index contributed by atoms with van der Waals surface area (Å²) in [7, 11) is 0. The number of alkyl halides is 3. The Balaban J connectivity index is 1.72. The molecule has 8 nitrogen and oxygen atoms in total. The van der Waals surface area contributed by atoms with E-state index in [1.165, 1.54) is 24.7 Å². The van der Waals surface area contributed by atoms with Crippen LogP contribution < -0.4 is 10.6 Å². The summed E-state index contributed by atoms with van der Waals surface area (Å²) < 4.78 is 49.9. The Hall–Kier alpha value is -3.63. The van der Waals surface area contributed by atoms with Crippen LogP contribution in [0.3, 0.4) is 0 Å². The van der Waals surface area contributed by atoms with Crippen molar-refractivity contribution < 1.29 is 31.7 Å². The first-order chi connectivity index (χ1) is 13.7.